The fourth-order valence-electron chi connectivity index (χ4n) is 2.71. The Morgan fingerprint density at radius 3 is 1.64 bits per heavy atom. The molecule has 3 rings (SSSR count). The van der Waals surface area contributed by atoms with Gasteiger partial charge in [-0.15, -0.1) is 0 Å². The SMILES string of the molecule is CC(C)c1ccc(-c2ncnc(-c3ccc(C(C)(C)C)cc3)n2)cc1. The molecule has 3 aromatic rings. The molecule has 0 aliphatic rings. The third-order valence-electron chi connectivity index (χ3n) is 4.42. The van der Waals surface area contributed by atoms with Crippen molar-refractivity contribution in [2.75, 3.05) is 0 Å². The first-order valence-corrected chi connectivity index (χ1v) is 8.75. The van der Waals surface area contributed by atoms with Crippen molar-refractivity contribution in [1.29, 1.82) is 0 Å². The molecule has 0 bridgehead atoms. The van der Waals surface area contributed by atoms with E-state index in [1.807, 2.05) is 0 Å². The fourth-order valence-corrected chi connectivity index (χ4v) is 2.71. The Bertz CT molecular complexity index is 842. The van der Waals surface area contributed by atoms with E-state index in [0.29, 0.717) is 17.6 Å². The molecule has 3 nitrogen and oxygen atoms in total. The van der Waals surface area contributed by atoms with E-state index < -0.39 is 0 Å². The highest BCUT2D eigenvalue weighted by Crippen LogP contribution is 2.26. The molecule has 3 heteroatoms. The average Bonchev–Trinajstić information content (AvgIpc) is 2.61. The van der Waals surface area contributed by atoms with Gasteiger partial charge in [0.15, 0.2) is 11.6 Å². The average molecular weight is 331 g/mol. The van der Waals surface area contributed by atoms with Gasteiger partial charge in [-0.05, 0) is 22.5 Å². The van der Waals surface area contributed by atoms with E-state index in [4.69, 9.17) is 0 Å². The molecule has 128 valence electrons. The summed E-state index contributed by atoms with van der Waals surface area (Å²) in [7, 11) is 0. The minimum absolute atomic E-state index is 0.140. The molecule has 0 spiro atoms. The molecule has 0 unspecified atom stereocenters. The van der Waals surface area contributed by atoms with Crippen molar-refractivity contribution in [2.24, 2.45) is 0 Å². The van der Waals surface area contributed by atoms with Gasteiger partial charge in [0, 0.05) is 11.1 Å². The van der Waals surface area contributed by atoms with E-state index in [9.17, 15) is 0 Å². The molecule has 2 aromatic carbocycles. The number of hydrogen-bond donors (Lipinski definition) is 0. The van der Waals surface area contributed by atoms with E-state index >= 15 is 0 Å². The zero-order chi connectivity index (χ0) is 18.0. The maximum atomic E-state index is 4.66. The van der Waals surface area contributed by atoms with Crippen molar-refractivity contribution >= 4 is 0 Å². The van der Waals surface area contributed by atoms with Crippen LogP contribution in [0.1, 0.15) is 51.7 Å². The number of aromatic nitrogens is 3. The topological polar surface area (TPSA) is 38.7 Å². The van der Waals surface area contributed by atoms with Gasteiger partial charge in [0.2, 0.25) is 0 Å². The van der Waals surface area contributed by atoms with Gasteiger partial charge in [-0.2, -0.15) is 0 Å². The van der Waals surface area contributed by atoms with Crippen LogP contribution < -0.4 is 0 Å². The van der Waals surface area contributed by atoms with Crippen molar-refractivity contribution in [2.45, 2.75) is 46.0 Å². The van der Waals surface area contributed by atoms with Crippen LogP contribution in [0.25, 0.3) is 22.8 Å². The first-order valence-electron chi connectivity index (χ1n) is 8.75. The number of benzene rings is 2. The molecule has 0 aliphatic heterocycles. The minimum atomic E-state index is 0.140. The van der Waals surface area contributed by atoms with Gasteiger partial charge in [0.1, 0.15) is 6.33 Å². The Balaban J connectivity index is 1.91. The Labute approximate surface area is 150 Å². The van der Waals surface area contributed by atoms with E-state index in [1.54, 1.807) is 6.33 Å². The van der Waals surface area contributed by atoms with E-state index in [2.05, 4.69) is 98.1 Å². The van der Waals surface area contributed by atoms with Crippen molar-refractivity contribution in [3.63, 3.8) is 0 Å². The van der Waals surface area contributed by atoms with Gasteiger partial charge in [0.25, 0.3) is 0 Å². The van der Waals surface area contributed by atoms with Gasteiger partial charge < -0.3 is 0 Å². The summed E-state index contributed by atoms with van der Waals surface area (Å²) in [6, 6.07) is 16.9. The third kappa shape index (κ3) is 3.93. The van der Waals surface area contributed by atoms with Crippen molar-refractivity contribution < 1.29 is 0 Å². The summed E-state index contributed by atoms with van der Waals surface area (Å²) in [5.74, 6) is 1.93. The number of rotatable bonds is 3. The summed E-state index contributed by atoms with van der Waals surface area (Å²) >= 11 is 0. The van der Waals surface area contributed by atoms with Crippen molar-refractivity contribution in [3.8, 4) is 22.8 Å². The zero-order valence-corrected chi connectivity index (χ0v) is 15.6. The van der Waals surface area contributed by atoms with Crippen LogP contribution in [0.5, 0.6) is 0 Å². The molecule has 1 aromatic heterocycles. The smallest absolute Gasteiger partial charge is 0.163 e. The maximum Gasteiger partial charge on any atom is 0.163 e. The highest BCUT2D eigenvalue weighted by molar-refractivity contribution is 5.61. The first-order chi connectivity index (χ1) is 11.8. The standard InChI is InChI=1S/C22H25N3/c1-15(2)16-6-8-17(9-7-16)20-23-14-24-21(25-20)18-10-12-19(13-11-18)22(3,4)5/h6-15H,1-5H3. The lowest BCUT2D eigenvalue weighted by Gasteiger charge is -2.19. The second kappa shape index (κ2) is 6.75. The fraction of sp³-hybridized carbons (Fsp3) is 0.318. The molecule has 0 amide bonds. The highest BCUT2D eigenvalue weighted by Gasteiger charge is 2.14. The molecule has 0 atom stereocenters. The van der Waals surface area contributed by atoms with E-state index in [1.165, 1.54) is 11.1 Å². The molecule has 0 radical (unpaired) electrons. The Kier molecular flexibility index (Phi) is 4.67. The largest absolute Gasteiger partial charge is 0.217 e. The monoisotopic (exact) mass is 331 g/mol. The molecular weight excluding hydrogens is 306 g/mol. The van der Waals surface area contributed by atoms with Gasteiger partial charge in [-0.3, -0.25) is 0 Å². The van der Waals surface area contributed by atoms with E-state index in [0.717, 1.165) is 11.1 Å². The number of hydrogen-bond acceptors (Lipinski definition) is 3. The third-order valence-corrected chi connectivity index (χ3v) is 4.42. The Hall–Kier alpha value is -2.55. The predicted molar refractivity (Wildman–Crippen MR) is 103 cm³/mol. The highest BCUT2D eigenvalue weighted by atomic mass is 15.0. The van der Waals surface area contributed by atoms with Crippen LogP contribution in [0, 0.1) is 0 Å². The lowest BCUT2D eigenvalue weighted by Crippen LogP contribution is -2.10. The minimum Gasteiger partial charge on any atom is -0.217 e. The van der Waals surface area contributed by atoms with Gasteiger partial charge >= 0.3 is 0 Å². The number of nitrogens with zero attached hydrogens (tertiary/aromatic N) is 3. The molecule has 25 heavy (non-hydrogen) atoms. The lowest BCUT2D eigenvalue weighted by molar-refractivity contribution is 0.590. The Morgan fingerprint density at radius 1 is 0.720 bits per heavy atom. The van der Waals surface area contributed by atoms with Crippen molar-refractivity contribution in [1.82, 2.24) is 15.0 Å². The molecule has 0 N–H and O–H groups in total. The van der Waals surface area contributed by atoms with E-state index in [-0.39, 0.29) is 5.41 Å². The summed E-state index contributed by atoms with van der Waals surface area (Å²) in [6.07, 6.45) is 1.59. The van der Waals surface area contributed by atoms with Crippen molar-refractivity contribution in [3.05, 3.63) is 66.0 Å². The van der Waals surface area contributed by atoms with Crippen LogP contribution in [0.4, 0.5) is 0 Å². The molecule has 0 saturated heterocycles. The maximum absolute atomic E-state index is 4.66. The summed E-state index contributed by atoms with van der Waals surface area (Å²) < 4.78 is 0. The van der Waals surface area contributed by atoms with Gasteiger partial charge in [-0.25, -0.2) is 15.0 Å². The zero-order valence-electron chi connectivity index (χ0n) is 15.6. The quantitative estimate of drug-likeness (QED) is 0.624. The summed E-state index contributed by atoms with van der Waals surface area (Å²) in [6.45, 7) is 11.0. The molecule has 1 heterocycles. The summed E-state index contributed by atoms with van der Waals surface area (Å²) in [5.41, 5.74) is 4.78. The molecular formula is C22H25N3. The normalized spacial score (nSPS) is 11.8. The van der Waals surface area contributed by atoms with Crippen LogP contribution in [-0.2, 0) is 5.41 Å². The van der Waals surface area contributed by atoms with Crippen LogP contribution in [-0.4, -0.2) is 15.0 Å². The van der Waals surface area contributed by atoms with Crippen LogP contribution in [0.3, 0.4) is 0 Å². The van der Waals surface area contributed by atoms with Gasteiger partial charge in [-0.1, -0.05) is 83.1 Å². The predicted octanol–water partition coefficient (Wildman–Crippen LogP) is 5.63. The molecule has 0 saturated carbocycles. The van der Waals surface area contributed by atoms with Crippen LogP contribution >= 0.6 is 0 Å². The molecule has 0 aliphatic carbocycles. The lowest BCUT2D eigenvalue weighted by atomic mass is 9.87. The summed E-state index contributed by atoms with van der Waals surface area (Å²) in [4.78, 5) is 13.4. The van der Waals surface area contributed by atoms with Crippen LogP contribution in [0.2, 0.25) is 0 Å². The Morgan fingerprint density at radius 2 is 1.20 bits per heavy atom. The first kappa shape index (κ1) is 17.3. The second-order valence-electron chi connectivity index (χ2n) is 7.74. The van der Waals surface area contributed by atoms with Gasteiger partial charge in [0.05, 0.1) is 0 Å². The molecule has 0 fully saturated rings. The second-order valence-corrected chi connectivity index (χ2v) is 7.74. The summed E-state index contributed by atoms with van der Waals surface area (Å²) in [5, 5.41) is 0. The van der Waals surface area contributed by atoms with Crippen LogP contribution in [0.15, 0.2) is 54.9 Å².